The van der Waals surface area contributed by atoms with E-state index in [4.69, 9.17) is 0 Å². The second-order valence-electron chi connectivity index (χ2n) is 8.13. The number of carbonyl (C=O) groups excluding carboxylic acids is 3. The molecule has 2 aliphatic heterocycles. The third-order valence-corrected chi connectivity index (χ3v) is 6.14. The third-order valence-electron chi connectivity index (χ3n) is 6.14. The Morgan fingerprint density at radius 3 is 2.66 bits per heavy atom. The predicted octanol–water partition coefficient (Wildman–Crippen LogP) is 1.72. The molecule has 1 aliphatic carbocycles. The van der Waals surface area contributed by atoms with E-state index in [-0.39, 0.29) is 42.8 Å². The molecule has 0 radical (unpaired) electrons. The molecule has 1 aromatic carbocycles. The largest absolute Gasteiger partial charge is 0.335 e. The van der Waals surface area contributed by atoms with Gasteiger partial charge in [0.1, 0.15) is 18.4 Å². The van der Waals surface area contributed by atoms with Crippen LogP contribution in [0.2, 0.25) is 0 Å². The molecule has 0 spiro atoms. The van der Waals surface area contributed by atoms with Crippen LogP contribution in [0.4, 0.5) is 9.18 Å². The number of hydrogen-bond donors (Lipinski definition) is 1. The number of nitrogens with one attached hydrogen (secondary N) is 1. The van der Waals surface area contributed by atoms with Gasteiger partial charge in [-0.1, -0.05) is 25.0 Å². The number of urea groups is 1. The van der Waals surface area contributed by atoms with E-state index < -0.39 is 6.04 Å². The van der Waals surface area contributed by atoms with Crippen molar-refractivity contribution in [1.82, 2.24) is 20.0 Å². The smallest absolute Gasteiger partial charge is 0.317 e. The van der Waals surface area contributed by atoms with E-state index in [0.717, 1.165) is 25.7 Å². The van der Waals surface area contributed by atoms with Gasteiger partial charge in [0.2, 0.25) is 11.8 Å². The summed E-state index contributed by atoms with van der Waals surface area (Å²) in [4.78, 5) is 43.1. The number of carbonyl (C=O) groups is 3. The summed E-state index contributed by atoms with van der Waals surface area (Å²) in [5.74, 6) is -0.616. The zero-order valence-corrected chi connectivity index (χ0v) is 16.5. The average Bonchev–Trinajstić information content (AvgIpc) is 3.08. The van der Waals surface area contributed by atoms with Crippen LogP contribution in [0.3, 0.4) is 0 Å². The molecule has 0 bridgehead atoms. The van der Waals surface area contributed by atoms with E-state index in [1.54, 1.807) is 21.9 Å². The molecule has 156 valence electrons. The van der Waals surface area contributed by atoms with Crippen LogP contribution >= 0.6 is 0 Å². The molecule has 4 amide bonds. The fraction of sp³-hybridized carbons (Fsp3) is 0.571. The Balaban J connectivity index is 1.40. The molecule has 1 N–H and O–H groups in total. The SMILES string of the molecule is O=C(NC1CCCC1)N1CCC2C(=O)N(Cc3cccc(F)c3)CC(=O)N2CC1. The zero-order chi connectivity index (χ0) is 20.4. The van der Waals surface area contributed by atoms with Gasteiger partial charge in [0, 0.05) is 32.2 Å². The van der Waals surface area contributed by atoms with Gasteiger partial charge in [-0.2, -0.15) is 0 Å². The van der Waals surface area contributed by atoms with E-state index in [9.17, 15) is 18.8 Å². The summed E-state index contributed by atoms with van der Waals surface area (Å²) >= 11 is 0. The Bertz CT molecular complexity index is 796. The predicted molar refractivity (Wildman–Crippen MR) is 104 cm³/mol. The van der Waals surface area contributed by atoms with Crippen LogP contribution in [-0.4, -0.2) is 70.8 Å². The molecule has 1 aromatic rings. The van der Waals surface area contributed by atoms with Gasteiger partial charge in [-0.25, -0.2) is 9.18 Å². The highest BCUT2D eigenvalue weighted by Gasteiger charge is 2.41. The van der Waals surface area contributed by atoms with E-state index in [2.05, 4.69) is 5.32 Å². The maximum absolute atomic E-state index is 13.5. The number of piperazine rings is 1. The molecule has 1 atom stereocenters. The molecule has 4 rings (SSSR count). The summed E-state index contributed by atoms with van der Waals surface area (Å²) in [7, 11) is 0. The number of halogens is 1. The highest BCUT2D eigenvalue weighted by atomic mass is 19.1. The van der Waals surface area contributed by atoms with Gasteiger partial charge in [0.05, 0.1) is 0 Å². The first kappa shape index (κ1) is 19.7. The lowest BCUT2D eigenvalue weighted by molar-refractivity contribution is -0.156. The second-order valence-corrected chi connectivity index (χ2v) is 8.13. The zero-order valence-electron chi connectivity index (χ0n) is 16.5. The third kappa shape index (κ3) is 4.36. The highest BCUT2D eigenvalue weighted by molar-refractivity contribution is 5.95. The van der Waals surface area contributed by atoms with Crippen molar-refractivity contribution in [3.05, 3.63) is 35.6 Å². The van der Waals surface area contributed by atoms with Crippen LogP contribution in [0.25, 0.3) is 0 Å². The molecule has 29 heavy (non-hydrogen) atoms. The van der Waals surface area contributed by atoms with E-state index in [0.29, 0.717) is 31.6 Å². The molecule has 8 heteroatoms. The summed E-state index contributed by atoms with van der Waals surface area (Å²) in [6.45, 7) is 1.42. The fourth-order valence-electron chi connectivity index (χ4n) is 4.56. The topological polar surface area (TPSA) is 73.0 Å². The first-order chi connectivity index (χ1) is 14.0. The monoisotopic (exact) mass is 402 g/mol. The first-order valence-corrected chi connectivity index (χ1v) is 10.4. The van der Waals surface area contributed by atoms with Gasteiger partial charge in [-0.15, -0.1) is 0 Å². The van der Waals surface area contributed by atoms with Gasteiger partial charge >= 0.3 is 6.03 Å². The summed E-state index contributed by atoms with van der Waals surface area (Å²) < 4.78 is 13.5. The number of amides is 4. The van der Waals surface area contributed by atoms with E-state index in [1.165, 1.54) is 17.0 Å². The van der Waals surface area contributed by atoms with Crippen molar-refractivity contribution in [2.24, 2.45) is 0 Å². The highest BCUT2D eigenvalue weighted by Crippen LogP contribution is 2.22. The molecule has 2 heterocycles. The second kappa shape index (κ2) is 8.39. The summed E-state index contributed by atoms with van der Waals surface area (Å²) in [5.41, 5.74) is 0.658. The minimum atomic E-state index is -0.561. The molecule has 3 fully saturated rings. The Morgan fingerprint density at radius 2 is 1.90 bits per heavy atom. The van der Waals surface area contributed by atoms with Gasteiger partial charge in [-0.3, -0.25) is 9.59 Å². The standard InChI is InChI=1S/C21H27FN4O3/c22-16-5-3-4-15(12-16)13-25-14-19(27)26-11-10-24(9-8-18(26)20(25)28)21(29)23-17-6-1-2-7-17/h3-5,12,17-18H,1-2,6-11,13-14H2,(H,23,29). The van der Waals surface area contributed by atoms with E-state index in [1.807, 2.05) is 0 Å². The molecule has 3 aliphatic rings. The fourth-order valence-corrected chi connectivity index (χ4v) is 4.56. The molecular formula is C21H27FN4O3. The van der Waals surface area contributed by atoms with Crippen LogP contribution in [0.5, 0.6) is 0 Å². The van der Waals surface area contributed by atoms with Crippen LogP contribution in [0.1, 0.15) is 37.7 Å². The van der Waals surface area contributed by atoms with Gasteiger partial charge in [0.25, 0.3) is 0 Å². The van der Waals surface area contributed by atoms with Crippen molar-refractivity contribution in [1.29, 1.82) is 0 Å². The molecule has 2 saturated heterocycles. The quantitative estimate of drug-likeness (QED) is 0.837. The number of nitrogens with zero attached hydrogens (tertiary/aromatic N) is 3. The maximum Gasteiger partial charge on any atom is 0.317 e. The van der Waals surface area contributed by atoms with Crippen molar-refractivity contribution in [2.75, 3.05) is 26.2 Å². The van der Waals surface area contributed by atoms with E-state index >= 15 is 0 Å². The van der Waals surface area contributed by atoms with Gasteiger partial charge in [0.15, 0.2) is 0 Å². The van der Waals surface area contributed by atoms with Gasteiger partial charge in [-0.05, 0) is 37.0 Å². The molecule has 1 unspecified atom stereocenters. The number of benzene rings is 1. The normalized spacial score (nSPS) is 23.2. The summed E-state index contributed by atoms with van der Waals surface area (Å²) in [5, 5.41) is 3.08. The lowest BCUT2D eigenvalue weighted by Gasteiger charge is -2.39. The number of fused-ring (bicyclic) bond motifs is 1. The minimum Gasteiger partial charge on any atom is -0.335 e. The van der Waals surface area contributed by atoms with Crippen molar-refractivity contribution in [3.63, 3.8) is 0 Å². The molecule has 0 aromatic heterocycles. The van der Waals surface area contributed by atoms with Crippen LogP contribution in [0.15, 0.2) is 24.3 Å². The van der Waals surface area contributed by atoms with Gasteiger partial charge < -0.3 is 20.0 Å². The summed E-state index contributed by atoms with van der Waals surface area (Å²) in [6.07, 6.45) is 4.74. The Morgan fingerprint density at radius 1 is 1.10 bits per heavy atom. The number of rotatable bonds is 3. The molecular weight excluding hydrogens is 375 g/mol. The lowest BCUT2D eigenvalue weighted by atomic mass is 10.1. The summed E-state index contributed by atoms with van der Waals surface area (Å²) in [6, 6.07) is 5.65. The Labute approximate surface area is 169 Å². The van der Waals surface area contributed by atoms with Crippen molar-refractivity contribution in [3.8, 4) is 0 Å². The van der Waals surface area contributed by atoms with Crippen LogP contribution < -0.4 is 5.32 Å². The average molecular weight is 402 g/mol. The number of hydrogen-bond acceptors (Lipinski definition) is 3. The Hall–Kier alpha value is -2.64. The van der Waals surface area contributed by atoms with Crippen LogP contribution in [0, 0.1) is 5.82 Å². The minimum absolute atomic E-state index is 0.0138. The molecule has 7 nitrogen and oxygen atoms in total. The Kier molecular flexibility index (Phi) is 5.69. The maximum atomic E-state index is 13.5. The molecule has 1 saturated carbocycles. The van der Waals surface area contributed by atoms with Crippen LogP contribution in [-0.2, 0) is 16.1 Å². The first-order valence-electron chi connectivity index (χ1n) is 10.4. The van der Waals surface area contributed by atoms with Crippen molar-refractivity contribution in [2.45, 2.75) is 50.7 Å². The van der Waals surface area contributed by atoms with Crippen molar-refractivity contribution < 1.29 is 18.8 Å². The van der Waals surface area contributed by atoms with Crippen molar-refractivity contribution >= 4 is 17.8 Å². The lowest BCUT2D eigenvalue weighted by Crippen LogP contribution is -2.59.